The Bertz CT molecular complexity index is 429. The van der Waals surface area contributed by atoms with Gasteiger partial charge in [0.25, 0.3) is 0 Å². The standard InChI is InChI=1S/C9H14N2O4S/c1-8(2,3)15-7(12)11-9(4-10)5-16(13,14)6-9/h5-6H2,1-3H3,(H,11,12). The van der Waals surface area contributed by atoms with Gasteiger partial charge in [0, 0.05) is 0 Å². The Morgan fingerprint density at radius 1 is 1.44 bits per heavy atom. The summed E-state index contributed by atoms with van der Waals surface area (Å²) in [7, 11) is -3.18. The van der Waals surface area contributed by atoms with Crippen LogP contribution >= 0.6 is 0 Å². The highest BCUT2D eigenvalue weighted by Gasteiger charge is 2.51. The van der Waals surface area contributed by atoms with Gasteiger partial charge in [-0.1, -0.05) is 0 Å². The molecule has 1 saturated heterocycles. The number of rotatable bonds is 1. The third kappa shape index (κ3) is 3.10. The van der Waals surface area contributed by atoms with Crippen LogP contribution < -0.4 is 5.32 Å². The number of ether oxygens (including phenoxy) is 1. The molecule has 1 aliphatic rings. The average Bonchev–Trinajstić information content (AvgIpc) is 1.96. The van der Waals surface area contributed by atoms with E-state index in [-0.39, 0.29) is 11.5 Å². The van der Waals surface area contributed by atoms with E-state index < -0.39 is 27.1 Å². The summed E-state index contributed by atoms with van der Waals surface area (Å²) in [6, 6.07) is 1.80. The smallest absolute Gasteiger partial charge is 0.408 e. The van der Waals surface area contributed by atoms with Crippen molar-refractivity contribution in [1.82, 2.24) is 5.32 Å². The second-order valence-electron chi connectivity index (χ2n) is 4.85. The van der Waals surface area contributed by atoms with Crippen molar-refractivity contribution in [3.63, 3.8) is 0 Å². The lowest BCUT2D eigenvalue weighted by Crippen LogP contribution is -2.65. The lowest BCUT2D eigenvalue weighted by molar-refractivity contribution is 0.0491. The maximum absolute atomic E-state index is 11.4. The molecule has 1 rings (SSSR count). The maximum Gasteiger partial charge on any atom is 0.408 e. The van der Waals surface area contributed by atoms with Crippen molar-refractivity contribution in [3.8, 4) is 6.07 Å². The Morgan fingerprint density at radius 2 is 1.94 bits per heavy atom. The molecular weight excluding hydrogens is 232 g/mol. The quantitative estimate of drug-likeness (QED) is 0.713. The number of amides is 1. The first-order chi connectivity index (χ1) is 7.08. The summed E-state index contributed by atoms with van der Waals surface area (Å²) >= 11 is 0. The summed E-state index contributed by atoms with van der Waals surface area (Å²) < 4.78 is 26.9. The number of hydrogen-bond acceptors (Lipinski definition) is 5. The van der Waals surface area contributed by atoms with E-state index in [1.165, 1.54) is 0 Å². The molecule has 1 aliphatic heterocycles. The van der Waals surface area contributed by atoms with E-state index >= 15 is 0 Å². The van der Waals surface area contributed by atoms with Gasteiger partial charge in [-0.15, -0.1) is 0 Å². The van der Waals surface area contributed by atoms with E-state index in [1.807, 2.05) is 0 Å². The molecule has 1 N–H and O–H groups in total. The number of nitrogens with zero attached hydrogens (tertiary/aromatic N) is 1. The first-order valence-corrected chi connectivity index (χ1v) is 6.53. The minimum absolute atomic E-state index is 0.351. The predicted octanol–water partition coefficient (Wildman–Crippen LogP) is 0.202. The summed E-state index contributed by atoms with van der Waals surface area (Å²) in [5, 5.41) is 11.1. The summed E-state index contributed by atoms with van der Waals surface area (Å²) in [6.45, 7) is 5.05. The number of carbonyl (C=O) groups excluding carboxylic acids is 1. The molecule has 0 radical (unpaired) electrons. The van der Waals surface area contributed by atoms with Crippen molar-refractivity contribution in [1.29, 1.82) is 5.26 Å². The lowest BCUT2D eigenvalue weighted by Gasteiger charge is -2.35. The van der Waals surface area contributed by atoms with Gasteiger partial charge in [-0.2, -0.15) is 5.26 Å². The van der Waals surface area contributed by atoms with Crippen molar-refractivity contribution in [3.05, 3.63) is 0 Å². The summed E-state index contributed by atoms with van der Waals surface area (Å²) in [5.74, 6) is -0.703. The average molecular weight is 246 g/mol. The van der Waals surface area contributed by atoms with Crippen LogP contribution in [0.4, 0.5) is 4.79 Å². The van der Waals surface area contributed by atoms with Crippen molar-refractivity contribution >= 4 is 15.9 Å². The van der Waals surface area contributed by atoms with E-state index in [1.54, 1.807) is 26.8 Å². The molecule has 0 unspecified atom stereocenters. The predicted molar refractivity (Wildman–Crippen MR) is 56.4 cm³/mol. The molecule has 0 spiro atoms. The van der Waals surface area contributed by atoms with Crippen molar-refractivity contribution < 1.29 is 17.9 Å². The van der Waals surface area contributed by atoms with Crippen LogP contribution in [0.2, 0.25) is 0 Å². The van der Waals surface area contributed by atoms with Crippen LogP contribution in [-0.2, 0) is 14.6 Å². The number of hydrogen-bond donors (Lipinski definition) is 1. The minimum Gasteiger partial charge on any atom is -0.444 e. The summed E-state index contributed by atoms with van der Waals surface area (Å²) in [4.78, 5) is 11.4. The van der Waals surface area contributed by atoms with Gasteiger partial charge in [0.1, 0.15) is 5.60 Å². The first kappa shape index (κ1) is 12.8. The van der Waals surface area contributed by atoms with Gasteiger partial charge in [0.2, 0.25) is 0 Å². The summed E-state index contributed by atoms with van der Waals surface area (Å²) in [5.41, 5.74) is -2.00. The molecule has 0 aromatic rings. The molecule has 0 bridgehead atoms. The Kier molecular flexibility index (Phi) is 2.90. The van der Waals surface area contributed by atoms with Crippen LogP contribution in [0, 0.1) is 11.3 Å². The molecule has 90 valence electrons. The van der Waals surface area contributed by atoms with E-state index in [9.17, 15) is 13.2 Å². The zero-order valence-electron chi connectivity index (χ0n) is 9.40. The van der Waals surface area contributed by atoms with Crippen LogP contribution in [0.3, 0.4) is 0 Å². The molecule has 1 amide bonds. The van der Waals surface area contributed by atoms with Gasteiger partial charge < -0.3 is 10.1 Å². The molecule has 0 atom stereocenters. The monoisotopic (exact) mass is 246 g/mol. The fourth-order valence-electron chi connectivity index (χ4n) is 1.37. The topological polar surface area (TPSA) is 96.3 Å². The fraction of sp³-hybridized carbons (Fsp3) is 0.778. The zero-order valence-corrected chi connectivity index (χ0v) is 10.2. The second-order valence-corrected chi connectivity index (χ2v) is 6.92. The summed E-state index contributed by atoms with van der Waals surface area (Å²) in [6.07, 6.45) is -0.774. The van der Waals surface area contributed by atoms with E-state index in [4.69, 9.17) is 10.00 Å². The number of alkyl carbamates (subject to hydrolysis) is 1. The van der Waals surface area contributed by atoms with Crippen molar-refractivity contribution in [2.24, 2.45) is 0 Å². The van der Waals surface area contributed by atoms with Crippen LogP contribution in [0.15, 0.2) is 0 Å². The zero-order chi connectivity index (χ0) is 12.6. The van der Waals surface area contributed by atoms with Gasteiger partial charge in [-0.3, -0.25) is 0 Å². The van der Waals surface area contributed by atoms with Gasteiger partial charge in [-0.05, 0) is 20.8 Å². The third-order valence-electron chi connectivity index (χ3n) is 1.89. The number of sulfone groups is 1. The molecule has 6 nitrogen and oxygen atoms in total. The largest absolute Gasteiger partial charge is 0.444 e. The third-order valence-corrected chi connectivity index (χ3v) is 3.75. The van der Waals surface area contributed by atoms with Crippen LogP contribution in [0.1, 0.15) is 20.8 Å². The Morgan fingerprint density at radius 3 is 2.25 bits per heavy atom. The highest BCUT2D eigenvalue weighted by molar-refractivity contribution is 7.93. The van der Waals surface area contributed by atoms with Crippen molar-refractivity contribution in [2.75, 3.05) is 11.5 Å². The first-order valence-electron chi connectivity index (χ1n) is 4.70. The Labute approximate surface area is 94.5 Å². The number of nitrogens with one attached hydrogen (secondary N) is 1. The minimum atomic E-state index is -3.18. The van der Waals surface area contributed by atoms with Gasteiger partial charge in [0.15, 0.2) is 15.4 Å². The van der Waals surface area contributed by atoms with E-state index in [0.717, 1.165) is 0 Å². The molecule has 0 aliphatic carbocycles. The number of nitriles is 1. The molecule has 1 heterocycles. The SMILES string of the molecule is CC(C)(C)OC(=O)NC1(C#N)CS(=O)(=O)C1. The van der Waals surface area contributed by atoms with E-state index in [0.29, 0.717) is 0 Å². The van der Waals surface area contributed by atoms with Gasteiger partial charge in [0.05, 0.1) is 17.6 Å². The Balaban J connectivity index is 2.62. The Hall–Kier alpha value is -1.29. The molecule has 0 aromatic heterocycles. The maximum atomic E-state index is 11.4. The highest BCUT2D eigenvalue weighted by Crippen LogP contribution is 2.23. The van der Waals surface area contributed by atoms with Crippen molar-refractivity contribution in [2.45, 2.75) is 31.9 Å². The van der Waals surface area contributed by atoms with Crippen LogP contribution in [0.25, 0.3) is 0 Å². The molecule has 0 aromatic carbocycles. The van der Waals surface area contributed by atoms with Crippen LogP contribution in [-0.4, -0.2) is 37.2 Å². The highest BCUT2D eigenvalue weighted by atomic mass is 32.2. The normalized spacial score (nSPS) is 21.4. The molecule has 7 heteroatoms. The lowest BCUT2D eigenvalue weighted by atomic mass is 10.1. The van der Waals surface area contributed by atoms with E-state index in [2.05, 4.69) is 5.32 Å². The second kappa shape index (κ2) is 3.63. The van der Waals surface area contributed by atoms with Gasteiger partial charge >= 0.3 is 6.09 Å². The van der Waals surface area contributed by atoms with Crippen LogP contribution in [0.5, 0.6) is 0 Å². The van der Waals surface area contributed by atoms with Gasteiger partial charge in [-0.25, -0.2) is 13.2 Å². The number of carbonyl (C=O) groups is 1. The fourth-order valence-corrected chi connectivity index (χ4v) is 3.06. The molecule has 1 fully saturated rings. The molecular formula is C9H14N2O4S. The molecule has 0 saturated carbocycles. The molecule has 16 heavy (non-hydrogen) atoms.